The van der Waals surface area contributed by atoms with E-state index in [0.29, 0.717) is 5.69 Å². The first-order valence-corrected chi connectivity index (χ1v) is 9.13. The molecule has 0 aliphatic rings. The molecule has 0 aliphatic carbocycles. The van der Waals surface area contributed by atoms with Crippen molar-refractivity contribution in [1.82, 2.24) is 0 Å². The van der Waals surface area contributed by atoms with Gasteiger partial charge in [-0.1, -0.05) is 35.9 Å². The molecule has 0 aliphatic heterocycles. The Morgan fingerprint density at radius 1 is 1.04 bits per heavy atom. The van der Waals surface area contributed by atoms with E-state index >= 15 is 0 Å². The molecule has 2 aromatic rings. The summed E-state index contributed by atoms with van der Waals surface area (Å²) in [5.41, 5.74) is 2.37. The van der Waals surface area contributed by atoms with E-state index in [1.807, 2.05) is 26.0 Å². The minimum absolute atomic E-state index is 0.0776. The highest BCUT2D eigenvalue weighted by atomic mass is 32.2. The molecule has 0 heterocycles. The van der Waals surface area contributed by atoms with Crippen LogP contribution in [0.25, 0.3) is 0 Å². The van der Waals surface area contributed by atoms with E-state index in [1.165, 1.54) is 4.31 Å². The van der Waals surface area contributed by atoms with Gasteiger partial charge >= 0.3 is 5.97 Å². The maximum atomic E-state index is 13.1. The number of aryl methyl sites for hydroxylation is 2. The van der Waals surface area contributed by atoms with E-state index in [1.54, 1.807) is 36.4 Å². The van der Waals surface area contributed by atoms with Gasteiger partial charge in [0.25, 0.3) is 10.0 Å². The van der Waals surface area contributed by atoms with Crippen LogP contribution in [0, 0.1) is 13.8 Å². The number of sulfonamides is 1. The lowest BCUT2D eigenvalue weighted by Gasteiger charge is -2.26. The van der Waals surface area contributed by atoms with Crippen molar-refractivity contribution in [2.45, 2.75) is 31.6 Å². The quantitative estimate of drug-likeness (QED) is 0.833. The Morgan fingerprint density at radius 3 is 2.25 bits per heavy atom. The van der Waals surface area contributed by atoms with Crippen LogP contribution in [0.2, 0.25) is 0 Å². The van der Waals surface area contributed by atoms with Gasteiger partial charge in [-0.2, -0.15) is 0 Å². The third-order valence-electron chi connectivity index (χ3n) is 3.74. The average Bonchev–Trinajstić information content (AvgIpc) is 2.52. The van der Waals surface area contributed by atoms with Crippen molar-refractivity contribution in [3.8, 4) is 0 Å². The summed E-state index contributed by atoms with van der Waals surface area (Å²) in [5, 5.41) is 8.83. The molecule has 0 aromatic heterocycles. The van der Waals surface area contributed by atoms with Gasteiger partial charge < -0.3 is 5.11 Å². The second kappa shape index (κ2) is 7.49. The van der Waals surface area contributed by atoms with Gasteiger partial charge in [-0.05, 0) is 44.0 Å². The zero-order chi connectivity index (χ0) is 17.7. The van der Waals surface area contributed by atoms with E-state index in [9.17, 15) is 13.2 Å². The van der Waals surface area contributed by atoms with Gasteiger partial charge in [0.05, 0.1) is 10.6 Å². The Morgan fingerprint density at radius 2 is 1.67 bits per heavy atom. The van der Waals surface area contributed by atoms with E-state index in [2.05, 4.69) is 0 Å². The number of carboxylic acid groups (broad SMARTS) is 1. The van der Waals surface area contributed by atoms with Crippen molar-refractivity contribution in [3.05, 3.63) is 59.7 Å². The molecule has 0 bridgehead atoms. The minimum Gasteiger partial charge on any atom is -0.481 e. The van der Waals surface area contributed by atoms with Crippen LogP contribution in [0.4, 0.5) is 5.69 Å². The lowest BCUT2D eigenvalue weighted by atomic mass is 10.2. The zero-order valence-corrected chi connectivity index (χ0v) is 14.6. The van der Waals surface area contributed by atoms with E-state index in [4.69, 9.17) is 5.11 Å². The smallest absolute Gasteiger partial charge is 0.303 e. The van der Waals surface area contributed by atoms with Crippen molar-refractivity contribution < 1.29 is 18.3 Å². The molecule has 0 spiro atoms. The molecule has 5 nitrogen and oxygen atoms in total. The van der Waals surface area contributed by atoms with E-state index in [0.717, 1.165) is 11.1 Å². The predicted octanol–water partition coefficient (Wildman–Crippen LogP) is 3.36. The number of rotatable bonds is 7. The standard InChI is InChI=1S/C18H21NO4S/c1-14-9-11-16(12-10-14)24(22,23)19(13-5-8-18(20)21)17-7-4-3-6-15(17)2/h3-4,6-7,9-12H,5,8,13H2,1-2H3,(H,20,21). The molecule has 0 saturated heterocycles. The number of hydrogen-bond donors (Lipinski definition) is 1. The number of aliphatic carboxylic acids is 1. The van der Waals surface area contributed by atoms with Crippen molar-refractivity contribution in [1.29, 1.82) is 0 Å². The van der Waals surface area contributed by atoms with Gasteiger partial charge in [0.1, 0.15) is 0 Å². The number of para-hydroxylation sites is 1. The third kappa shape index (κ3) is 4.14. The highest BCUT2D eigenvalue weighted by molar-refractivity contribution is 7.92. The van der Waals surface area contributed by atoms with Crippen molar-refractivity contribution in [2.75, 3.05) is 10.8 Å². The highest BCUT2D eigenvalue weighted by Crippen LogP contribution is 2.27. The summed E-state index contributed by atoms with van der Waals surface area (Å²) >= 11 is 0. The second-order valence-corrected chi connectivity index (χ2v) is 7.54. The summed E-state index contributed by atoms with van der Waals surface area (Å²) in [5.74, 6) is -0.938. The predicted molar refractivity (Wildman–Crippen MR) is 93.8 cm³/mol. The van der Waals surface area contributed by atoms with Crippen LogP contribution in [0.3, 0.4) is 0 Å². The average molecular weight is 347 g/mol. The molecule has 0 atom stereocenters. The van der Waals surface area contributed by atoms with Crippen molar-refractivity contribution >= 4 is 21.7 Å². The molecule has 24 heavy (non-hydrogen) atoms. The summed E-state index contributed by atoms with van der Waals surface area (Å²) in [7, 11) is -3.75. The number of benzene rings is 2. The molecule has 0 saturated carbocycles. The zero-order valence-electron chi connectivity index (χ0n) is 13.8. The molecular formula is C18H21NO4S. The molecule has 0 unspecified atom stereocenters. The number of anilines is 1. The SMILES string of the molecule is Cc1ccc(S(=O)(=O)N(CCCC(=O)O)c2ccccc2C)cc1. The summed E-state index contributed by atoms with van der Waals surface area (Å²) < 4.78 is 27.4. The first kappa shape index (κ1) is 18.0. The lowest BCUT2D eigenvalue weighted by molar-refractivity contribution is -0.137. The van der Waals surface area contributed by atoms with Crippen LogP contribution in [-0.2, 0) is 14.8 Å². The van der Waals surface area contributed by atoms with Gasteiger partial charge in [0.15, 0.2) is 0 Å². The first-order valence-electron chi connectivity index (χ1n) is 7.69. The Balaban J connectivity index is 2.42. The second-order valence-electron chi connectivity index (χ2n) is 5.67. The van der Waals surface area contributed by atoms with Crippen LogP contribution >= 0.6 is 0 Å². The summed E-state index contributed by atoms with van der Waals surface area (Å²) in [6.45, 7) is 3.85. The van der Waals surface area contributed by atoms with Crippen LogP contribution in [0.1, 0.15) is 24.0 Å². The fourth-order valence-electron chi connectivity index (χ4n) is 2.42. The molecular weight excluding hydrogens is 326 g/mol. The lowest BCUT2D eigenvalue weighted by Crippen LogP contribution is -2.33. The Labute approximate surface area is 142 Å². The fraction of sp³-hybridized carbons (Fsp3) is 0.278. The Kier molecular flexibility index (Phi) is 5.62. The maximum Gasteiger partial charge on any atom is 0.303 e. The molecule has 0 radical (unpaired) electrons. The maximum absolute atomic E-state index is 13.1. The fourth-order valence-corrected chi connectivity index (χ4v) is 3.99. The first-order chi connectivity index (χ1) is 11.3. The molecule has 0 amide bonds. The topological polar surface area (TPSA) is 74.7 Å². The van der Waals surface area contributed by atoms with Crippen molar-refractivity contribution in [3.63, 3.8) is 0 Å². The largest absolute Gasteiger partial charge is 0.481 e. The normalized spacial score (nSPS) is 11.2. The molecule has 128 valence electrons. The van der Waals surface area contributed by atoms with Gasteiger partial charge in [-0.15, -0.1) is 0 Å². The van der Waals surface area contributed by atoms with Crippen LogP contribution in [-0.4, -0.2) is 26.0 Å². The summed E-state index contributed by atoms with van der Waals surface area (Å²) in [6, 6.07) is 13.8. The Hall–Kier alpha value is -2.34. The number of carboxylic acids is 1. The molecule has 2 aromatic carbocycles. The third-order valence-corrected chi connectivity index (χ3v) is 5.57. The van der Waals surface area contributed by atoms with Gasteiger partial charge in [-0.25, -0.2) is 8.42 Å². The molecule has 6 heteroatoms. The monoisotopic (exact) mass is 347 g/mol. The summed E-state index contributed by atoms with van der Waals surface area (Å²) in [6.07, 6.45) is 0.167. The van der Waals surface area contributed by atoms with Crippen molar-refractivity contribution in [2.24, 2.45) is 0 Å². The van der Waals surface area contributed by atoms with Crippen LogP contribution in [0.15, 0.2) is 53.4 Å². The van der Waals surface area contributed by atoms with Crippen LogP contribution in [0.5, 0.6) is 0 Å². The summed E-state index contributed by atoms with van der Waals surface area (Å²) in [4.78, 5) is 11.0. The van der Waals surface area contributed by atoms with Gasteiger partial charge in [0.2, 0.25) is 0 Å². The highest BCUT2D eigenvalue weighted by Gasteiger charge is 2.25. The van der Waals surface area contributed by atoms with Crippen LogP contribution < -0.4 is 4.31 Å². The van der Waals surface area contributed by atoms with E-state index < -0.39 is 16.0 Å². The number of hydrogen-bond acceptors (Lipinski definition) is 3. The molecule has 1 N–H and O–H groups in total. The Bertz CT molecular complexity index is 813. The number of carbonyl (C=O) groups is 1. The van der Waals surface area contributed by atoms with Gasteiger partial charge in [-0.3, -0.25) is 9.10 Å². The molecule has 0 fully saturated rings. The number of nitrogens with zero attached hydrogens (tertiary/aromatic N) is 1. The van der Waals surface area contributed by atoms with Gasteiger partial charge in [0, 0.05) is 13.0 Å². The molecule has 2 rings (SSSR count). The van der Waals surface area contributed by atoms with E-state index in [-0.39, 0.29) is 24.3 Å². The minimum atomic E-state index is -3.75.